The zero-order valence-electron chi connectivity index (χ0n) is 31.6. The average Bonchev–Trinajstić information content (AvgIpc) is 4.00. The minimum absolute atomic E-state index is 0.569. The smallest absolute Gasteiger partial charge is 0.238 e. The number of hydrogen-bond acceptors (Lipinski definition) is 5. The lowest BCUT2D eigenvalue weighted by Gasteiger charge is -2.13. The van der Waals surface area contributed by atoms with E-state index < -0.39 is 0 Å². The summed E-state index contributed by atoms with van der Waals surface area (Å²) in [5, 5.41) is 5.65. The van der Waals surface area contributed by atoms with Crippen LogP contribution in [0.25, 0.3) is 110 Å². The van der Waals surface area contributed by atoms with Crippen molar-refractivity contribution in [3.8, 4) is 56.1 Å². The molecule has 0 aliphatic rings. The van der Waals surface area contributed by atoms with Crippen LogP contribution in [0.4, 0.5) is 0 Å². The van der Waals surface area contributed by atoms with Crippen molar-refractivity contribution in [3.63, 3.8) is 0 Å². The Morgan fingerprint density at radius 1 is 0.373 bits per heavy atom. The highest BCUT2D eigenvalue weighted by Crippen LogP contribution is 2.44. The Morgan fingerprint density at radius 2 is 0.966 bits per heavy atom. The van der Waals surface area contributed by atoms with E-state index in [-0.39, 0.29) is 0 Å². The third kappa shape index (κ3) is 5.40. The lowest BCUT2D eigenvalue weighted by Crippen LogP contribution is -2.06. The summed E-state index contributed by atoms with van der Waals surface area (Å²) in [6.45, 7) is 0. The van der Waals surface area contributed by atoms with Crippen LogP contribution in [-0.4, -0.2) is 29.1 Å². The summed E-state index contributed by atoms with van der Waals surface area (Å²) < 4.78 is 5.80. The fraction of sp³-hybridized carbons (Fsp3) is 0. The molecule has 12 rings (SSSR count). The van der Waals surface area contributed by atoms with Crippen LogP contribution in [0, 0.1) is 0 Å². The van der Waals surface area contributed by atoms with Crippen LogP contribution in [0.15, 0.2) is 194 Å². The van der Waals surface area contributed by atoms with Crippen molar-refractivity contribution < 1.29 is 0 Å². The van der Waals surface area contributed by atoms with Crippen molar-refractivity contribution in [1.29, 1.82) is 0 Å². The maximum Gasteiger partial charge on any atom is 0.238 e. The maximum absolute atomic E-state index is 5.22. The Morgan fingerprint density at radius 3 is 1.68 bits per heavy atom. The second-order valence-electron chi connectivity index (χ2n) is 14.7. The number of nitrogens with zero attached hydrogens (tertiary/aromatic N) is 6. The van der Waals surface area contributed by atoms with Gasteiger partial charge in [0.2, 0.25) is 5.95 Å². The third-order valence-corrected chi connectivity index (χ3v) is 12.3. The largest absolute Gasteiger partial charge is 0.308 e. The first-order valence-electron chi connectivity index (χ1n) is 19.7. The standard InChI is InChI=1S/C52H32N6S/c1-5-16-33(17-6-1)49-54-50(34-18-7-2-8-19-34)56-52(55-49)58-44-27-14-13-24-39(44)40-26-15-25-38(46(40)58)36-28-31-45-42(32-36)41-29-30-43-48(47(41)57(45)37-22-11-4-12-23-37)59-51(53-43)35-20-9-3-10-21-35/h1-32H. The fourth-order valence-corrected chi connectivity index (χ4v) is 9.67. The molecule has 0 aliphatic heterocycles. The Bertz CT molecular complexity index is 3480. The van der Waals surface area contributed by atoms with E-state index in [4.69, 9.17) is 19.9 Å². The van der Waals surface area contributed by atoms with Gasteiger partial charge in [-0.05, 0) is 48.0 Å². The molecule has 12 aromatic rings. The number of benzene rings is 8. The zero-order chi connectivity index (χ0) is 38.9. The summed E-state index contributed by atoms with van der Waals surface area (Å²) in [6.07, 6.45) is 0. The molecule has 276 valence electrons. The van der Waals surface area contributed by atoms with Gasteiger partial charge in [0, 0.05) is 49.5 Å². The summed E-state index contributed by atoms with van der Waals surface area (Å²) in [6, 6.07) is 67.9. The second-order valence-corrected chi connectivity index (χ2v) is 15.7. The maximum atomic E-state index is 5.22. The third-order valence-electron chi connectivity index (χ3n) is 11.2. The summed E-state index contributed by atoms with van der Waals surface area (Å²) in [5.41, 5.74) is 11.7. The highest BCUT2D eigenvalue weighted by atomic mass is 32.1. The first-order valence-corrected chi connectivity index (χ1v) is 20.5. The molecule has 0 saturated carbocycles. The molecule has 0 N–H and O–H groups in total. The molecule has 7 heteroatoms. The molecular formula is C52H32N6S. The van der Waals surface area contributed by atoms with Gasteiger partial charge in [0.15, 0.2) is 11.6 Å². The van der Waals surface area contributed by atoms with Gasteiger partial charge < -0.3 is 4.57 Å². The molecule has 0 atom stereocenters. The van der Waals surface area contributed by atoms with E-state index in [0.29, 0.717) is 17.6 Å². The van der Waals surface area contributed by atoms with Crippen LogP contribution in [0.2, 0.25) is 0 Å². The monoisotopic (exact) mass is 772 g/mol. The SMILES string of the molecule is c1ccc(-c2nc(-c3ccccc3)nc(-n3c4ccccc4c4cccc(-c5ccc6c(c5)c5ccc7nc(-c8ccccc8)sc7c5n6-c5ccccc5)c43)n2)cc1. The Labute approximate surface area is 343 Å². The van der Waals surface area contributed by atoms with Crippen LogP contribution in [-0.2, 0) is 0 Å². The van der Waals surface area contributed by atoms with Gasteiger partial charge in [0.1, 0.15) is 5.01 Å². The summed E-state index contributed by atoms with van der Waals surface area (Å²) in [4.78, 5) is 20.6. The van der Waals surface area contributed by atoms with Crippen molar-refractivity contribution in [3.05, 3.63) is 194 Å². The zero-order valence-corrected chi connectivity index (χ0v) is 32.4. The highest BCUT2D eigenvalue weighted by molar-refractivity contribution is 7.22. The molecular weight excluding hydrogens is 741 g/mol. The van der Waals surface area contributed by atoms with Crippen molar-refractivity contribution in [2.75, 3.05) is 0 Å². The number of hydrogen-bond donors (Lipinski definition) is 0. The van der Waals surface area contributed by atoms with Gasteiger partial charge in [-0.25, -0.2) is 9.97 Å². The van der Waals surface area contributed by atoms with Gasteiger partial charge in [0.05, 0.1) is 32.3 Å². The molecule has 0 unspecified atom stereocenters. The molecule has 4 heterocycles. The predicted molar refractivity (Wildman–Crippen MR) is 243 cm³/mol. The first kappa shape index (κ1) is 33.4. The number of thiazole rings is 1. The molecule has 0 aliphatic carbocycles. The van der Waals surface area contributed by atoms with Gasteiger partial charge in [-0.15, -0.1) is 11.3 Å². The van der Waals surface area contributed by atoms with Gasteiger partial charge in [-0.2, -0.15) is 9.97 Å². The molecule has 0 radical (unpaired) electrons. The van der Waals surface area contributed by atoms with Crippen LogP contribution in [0.3, 0.4) is 0 Å². The number of fused-ring (bicyclic) bond motifs is 8. The fourth-order valence-electron chi connectivity index (χ4n) is 8.56. The normalized spacial score (nSPS) is 11.7. The second kappa shape index (κ2) is 13.4. The Hall–Kier alpha value is -7.74. The summed E-state index contributed by atoms with van der Waals surface area (Å²) in [5.74, 6) is 1.82. The number of rotatable bonds is 6. The minimum Gasteiger partial charge on any atom is -0.308 e. The van der Waals surface area contributed by atoms with E-state index in [2.05, 4.69) is 161 Å². The van der Waals surface area contributed by atoms with E-state index >= 15 is 0 Å². The predicted octanol–water partition coefficient (Wildman–Crippen LogP) is 13.3. The van der Waals surface area contributed by atoms with E-state index in [1.54, 1.807) is 11.3 Å². The van der Waals surface area contributed by atoms with Crippen LogP contribution in [0.1, 0.15) is 0 Å². The number of para-hydroxylation sites is 3. The molecule has 8 aromatic carbocycles. The summed E-state index contributed by atoms with van der Waals surface area (Å²) >= 11 is 1.75. The Balaban J connectivity index is 1.13. The van der Waals surface area contributed by atoms with E-state index in [9.17, 15) is 0 Å². The Kier molecular flexibility index (Phi) is 7.61. The topological polar surface area (TPSA) is 61.4 Å². The molecule has 0 saturated heterocycles. The van der Waals surface area contributed by atoms with E-state index in [0.717, 1.165) is 71.4 Å². The van der Waals surface area contributed by atoms with Gasteiger partial charge >= 0.3 is 0 Å². The van der Waals surface area contributed by atoms with Gasteiger partial charge in [0.25, 0.3) is 0 Å². The van der Waals surface area contributed by atoms with Crippen LogP contribution >= 0.6 is 11.3 Å². The average molecular weight is 773 g/mol. The quantitative estimate of drug-likeness (QED) is 0.169. The summed E-state index contributed by atoms with van der Waals surface area (Å²) in [7, 11) is 0. The lowest BCUT2D eigenvalue weighted by atomic mass is 10.00. The first-order chi connectivity index (χ1) is 29.3. The highest BCUT2D eigenvalue weighted by Gasteiger charge is 2.23. The van der Waals surface area contributed by atoms with E-state index in [1.165, 1.54) is 21.0 Å². The van der Waals surface area contributed by atoms with Crippen molar-refractivity contribution in [2.24, 2.45) is 0 Å². The van der Waals surface area contributed by atoms with Crippen molar-refractivity contribution in [2.45, 2.75) is 0 Å². The molecule has 59 heavy (non-hydrogen) atoms. The van der Waals surface area contributed by atoms with Crippen LogP contribution < -0.4 is 0 Å². The molecule has 0 bridgehead atoms. The van der Waals surface area contributed by atoms with Crippen molar-refractivity contribution >= 4 is 65.2 Å². The number of aromatic nitrogens is 6. The molecule has 4 aromatic heterocycles. The molecule has 0 fully saturated rings. The minimum atomic E-state index is 0.569. The molecule has 0 amide bonds. The molecule has 6 nitrogen and oxygen atoms in total. The van der Waals surface area contributed by atoms with Crippen LogP contribution in [0.5, 0.6) is 0 Å². The van der Waals surface area contributed by atoms with Crippen molar-refractivity contribution in [1.82, 2.24) is 29.1 Å². The van der Waals surface area contributed by atoms with Gasteiger partial charge in [-0.3, -0.25) is 4.57 Å². The lowest BCUT2D eigenvalue weighted by molar-refractivity contribution is 0.954. The van der Waals surface area contributed by atoms with Gasteiger partial charge in [-0.1, -0.05) is 152 Å². The van der Waals surface area contributed by atoms with E-state index in [1.807, 2.05) is 42.5 Å². The molecule has 0 spiro atoms.